The average molecular weight is 350 g/mol. The van der Waals surface area contributed by atoms with Gasteiger partial charge in [-0.05, 0) is 43.4 Å². The average Bonchev–Trinajstić information content (AvgIpc) is 2.96. The van der Waals surface area contributed by atoms with Crippen molar-refractivity contribution in [1.29, 1.82) is 0 Å². The zero-order chi connectivity index (χ0) is 17.3. The normalized spacial score (nSPS) is 21.0. The summed E-state index contributed by atoms with van der Waals surface area (Å²) in [5.74, 6) is -0.537. The summed E-state index contributed by atoms with van der Waals surface area (Å²) in [6.45, 7) is 1.83. The number of carbonyl (C=O) groups is 1. The second-order valence-corrected chi connectivity index (χ2v) is 7.04. The van der Waals surface area contributed by atoms with E-state index in [1.54, 1.807) is 17.5 Å². The van der Waals surface area contributed by atoms with Gasteiger partial charge >= 0.3 is 0 Å². The number of methoxy groups -OCH3 is 1. The molecule has 1 aromatic heterocycles. The number of halogens is 1. The van der Waals surface area contributed by atoms with Crippen LogP contribution in [0.2, 0.25) is 0 Å². The molecule has 0 spiro atoms. The van der Waals surface area contributed by atoms with Crippen LogP contribution < -0.4 is 10.1 Å². The Morgan fingerprint density at radius 2 is 2.25 bits per heavy atom. The van der Waals surface area contributed by atoms with Crippen molar-refractivity contribution in [3.63, 3.8) is 0 Å². The predicted molar refractivity (Wildman–Crippen MR) is 88.7 cm³/mol. The van der Waals surface area contributed by atoms with Gasteiger partial charge in [0, 0.05) is 5.38 Å². The van der Waals surface area contributed by atoms with E-state index in [1.807, 2.05) is 6.92 Å². The molecular formula is C17H19FN2O3S. The van der Waals surface area contributed by atoms with Gasteiger partial charge in [0.05, 0.1) is 24.3 Å². The number of thiazole rings is 1. The number of nitrogens with zero attached hydrogens (tertiary/aromatic N) is 1. The number of hydrogen-bond acceptors (Lipinski definition) is 5. The number of ether oxygens (including phenoxy) is 1. The Labute approximate surface area is 143 Å². The van der Waals surface area contributed by atoms with Crippen LogP contribution in [-0.4, -0.2) is 29.2 Å². The van der Waals surface area contributed by atoms with Crippen LogP contribution in [0.3, 0.4) is 0 Å². The molecule has 0 unspecified atom stereocenters. The van der Waals surface area contributed by atoms with Crippen molar-refractivity contribution < 1.29 is 19.0 Å². The predicted octanol–water partition coefficient (Wildman–Crippen LogP) is 2.84. The molecule has 128 valence electrons. The van der Waals surface area contributed by atoms with Crippen molar-refractivity contribution in [2.75, 3.05) is 7.11 Å². The lowest BCUT2D eigenvalue weighted by atomic mass is 9.75. The molecule has 1 heterocycles. The van der Waals surface area contributed by atoms with Gasteiger partial charge in [0.2, 0.25) is 0 Å². The Kier molecular flexibility index (Phi) is 4.82. The van der Waals surface area contributed by atoms with Crippen molar-refractivity contribution in [3.05, 3.63) is 45.7 Å². The number of rotatable bonds is 5. The Bertz CT molecular complexity index is 743. The molecule has 2 aromatic rings. The van der Waals surface area contributed by atoms with E-state index in [9.17, 15) is 14.3 Å². The van der Waals surface area contributed by atoms with Gasteiger partial charge in [-0.25, -0.2) is 9.37 Å². The molecule has 0 aliphatic heterocycles. The van der Waals surface area contributed by atoms with Crippen LogP contribution in [0, 0.1) is 18.7 Å². The van der Waals surface area contributed by atoms with Crippen LogP contribution in [0.5, 0.6) is 5.75 Å². The topological polar surface area (TPSA) is 71.5 Å². The number of nitrogens with one attached hydrogen (secondary N) is 1. The van der Waals surface area contributed by atoms with E-state index in [0.29, 0.717) is 24.1 Å². The van der Waals surface area contributed by atoms with Gasteiger partial charge in [0.25, 0.3) is 5.91 Å². The number of carbonyl (C=O) groups excluding carboxylic acids is 1. The fourth-order valence-electron chi connectivity index (χ4n) is 2.93. The molecule has 0 saturated heterocycles. The molecule has 7 heteroatoms. The first kappa shape index (κ1) is 16.9. The zero-order valence-electron chi connectivity index (χ0n) is 13.5. The highest BCUT2D eigenvalue weighted by molar-refractivity contribution is 7.09. The van der Waals surface area contributed by atoms with Gasteiger partial charge in [0.1, 0.15) is 5.69 Å². The van der Waals surface area contributed by atoms with Crippen LogP contribution >= 0.6 is 11.3 Å². The molecule has 1 saturated carbocycles. The lowest BCUT2D eigenvalue weighted by Crippen LogP contribution is -2.41. The Morgan fingerprint density at radius 1 is 1.50 bits per heavy atom. The smallest absolute Gasteiger partial charge is 0.271 e. The number of aliphatic hydroxyl groups is 1. The fourth-order valence-corrected chi connectivity index (χ4v) is 3.53. The number of benzene rings is 1. The van der Waals surface area contributed by atoms with Crippen molar-refractivity contribution in [2.45, 2.75) is 31.9 Å². The number of aliphatic hydroxyl groups excluding tert-OH is 1. The first-order chi connectivity index (χ1) is 11.5. The van der Waals surface area contributed by atoms with E-state index in [-0.39, 0.29) is 29.7 Å². The van der Waals surface area contributed by atoms with Crippen LogP contribution in [0.4, 0.5) is 4.39 Å². The maximum atomic E-state index is 14.0. The van der Waals surface area contributed by atoms with E-state index in [0.717, 1.165) is 5.01 Å². The van der Waals surface area contributed by atoms with Gasteiger partial charge < -0.3 is 15.2 Å². The van der Waals surface area contributed by atoms with Gasteiger partial charge in [-0.1, -0.05) is 6.07 Å². The summed E-state index contributed by atoms with van der Waals surface area (Å²) in [6.07, 6.45) is 0.794. The standard InChI is InChI=1S/C17H19FN2O3S/c1-9-19-14(8-24-9)17(22)20-16(11-5-12(21)6-11)10-3-4-15(23-2)13(18)7-10/h3-4,7-8,11-12,16,21H,5-6H2,1-2H3,(H,20,22)/t11?,12?,16-/m1/s1. The number of hydrogen-bond donors (Lipinski definition) is 2. The highest BCUT2D eigenvalue weighted by Crippen LogP contribution is 2.39. The summed E-state index contributed by atoms with van der Waals surface area (Å²) in [7, 11) is 1.41. The third-order valence-electron chi connectivity index (χ3n) is 4.29. The molecule has 1 amide bonds. The van der Waals surface area contributed by atoms with Crippen molar-refractivity contribution >= 4 is 17.2 Å². The second-order valence-electron chi connectivity index (χ2n) is 5.98. The SMILES string of the molecule is COc1ccc([C@@H](NC(=O)c2csc(C)n2)C2CC(O)C2)cc1F. The summed E-state index contributed by atoms with van der Waals surface area (Å²) in [5, 5.41) is 15.0. The second kappa shape index (κ2) is 6.86. The van der Waals surface area contributed by atoms with Gasteiger partial charge in [-0.3, -0.25) is 4.79 Å². The lowest BCUT2D eigenvalue weighted by Gasteiger charge is -2.38. The van der Waals surface area contributed by atoms with E-state index in [2.05, 4.69) is 10.3 Å². The number of aromatic nitrogens is 1. The molecule has 24 heavy (non-hydrogen) atoms. The molecule has 1 aliphatic rings. The maximum Gasteiger partial charge on any atom is 0.271 e. The largest absolute Gasteiger partial charge is 0.494 e. The van der Waals surface area contributed by atoms with Crippen molar-refractivity contribution in [2.24, 2.45) is 5.92 Å². The molecule has 0 radical (unpaired) electrons. The van der Waals surface area contributed by atoms with Crippen LogP contribution in [0.25, 0.3) is 0 Å². The zero-order valence-corrected chi connectivity index (χ0v) is 14.3. The molecule has 5 nitrogen and oxygen atoms in total. The molecule has 3 rings (SSSR count). The van der Waals surface area contributed by atoms with E-state index in [1.165, 1.54) is 24.5 Å². The van der Waals surface area contributed by atoms with E-state index >= 15 is 0 Å². The monoisotopic (exact) mass is 350 g/mol. The van der Waals surface area contributed by atoms with Crippen LogP contribution in [0.1, 0.15) is 39.9 Å². The molecule has 1 aromatic carbocycles. The summed E-state index contributed by atoms with van der Waals surface area (Å²) in [6, 6.07) is 4.29. The van der Waals surface area contributed by atoms with Gasteiger partial charge in [0.15, 0.2) is 11.6 Å². The third-order valence-corrected chi connectivity index (χ3v) is 5.07. The molecule has 1 atom stereocenters. The van der Waals surface area contributed by atoms with Crippen LogP contribution in [-0.2, 0) is 0 Å². The molecule has 1 fully saturated rings. The van der Waals surface area contributed by atoms with Crippen molar-refractivity contribution in [3.8, 4) is 5.75 Å². The highest BCUT2D eigenvalue weighted by atomic mass is 32.1. The number of amides is 1. The minimum absolute atomic E-state index is 0.0662. The lowest BCUT2D eigenvalue weighted by molar-refractivity contribution is 0.0234. The third kappa shape index (κ3) is 3.42. The quantitative estimate of drug-likeness (QED) is 0.870. The van der Waals surface area contributed by atoms with E-state index in [4.69, 9.17) is 4.74 Å². The first-order valence-electron chi connectivity index (χ1n) is 7.72. The minimum Gasteiger partial charge on any atom is -0.494 e. The van der Waals surface area contributed by atoms with Crippen LogP contribution in [0.15, 0.2) is 23.6 Å². The minimum atomic E-state index is -0.473. The fraction of sp³-hybridized carbons (Fsp3) is 0.412. The highest BCUT2D eigenvalue weighted by Gasteiger charge is 2.36. The molecule has 1 aliphatic carbocycles. The van der Waals surface area contributed by atoms with Gasteiger partial charge in [-0.15, -0.1) is 11.3 Å². The Hall–Kier alpha value is -1.99. The van der Waals surface area contributed by atoms with E-state index < -0.39 is 5.82 Å². The summed E-state index contributed by atoms with van der Waals surface area (Å²) >= 11 is 1.40. The van der Waals surface area contributed by atoms with Crippen molar-refractivity contribution in [1.82, 2.24) is 10.3 Å². The maximum absolute atomic E-state index is 14.0. The molecule has 0 bridgehead atoms. The number of aryl methyl sites for hydroxylation is 1. The summed E-state index contributed by atoms with van der Waals surface area (Å²) < 4.78 is 19.0. The molecule has 2 N–H and O–H groups in total. The van der Waals surface area contributed by atoms with Gasteiger partial charge in [-0.2, -0.15) is 0 Å². The molecular weight excluding hydrogens is 331 g/mol. The first-order valence-corrected chi connectivity index (χ1v) is 8.60. The summed E-state index contributed by atoms with van der Waals surface area (Å²) in [5.41, 5.74) is 1.02. The summed E-state index contributed by atoms with van der Waals surface area (Å²) in [4.78, 5) is 16.6. The Morgan fingerprint density at radius 3 is 2.79 bits per heavy atom. The Balaban J connectivity index is 1.83.